The fourth-order valence-corrected chi connectivity index (χ4v) is 4.31. The number of hydrogen-bond donors (Lipinski definition) is 0. The van der Waals surface area contributed by atoms with Crippen molar-refractivity contribution >= 4 is 23.0 Å². The molecular formula is C23H27NO6. The van der Waals surface area contributed by atoms with E-state index >= 15 is 0 Å². The van der Waals surface area contributed by atoms with Crippen LogP contribution in [-0.4, -0.2) is 35.2 Å². The van der Waals surface area contributed by atoms with E-state index in [0.717, 1.165) is 24.0 Å². The van der Waals surface area contributed by atoms with Crippen molar-refractivity contribution in [1.82, 2.24) is 4.90 Å². The van der Waals surface area contributed by atoms with Crippen LogP contribution >= 0.6 is 0 Å². The van der Waals surface area contributed by atoms with Crippen LogP contribution in [0, 0.1) is 6.92 Å². The highest BCUT2D eigenvalue weighted by atomic mass is 16.6. The molecule has 2 aliphatic rings. The molecule has 2 heterocycles. The summed E-state index contributed by atoms with van der Waals surface area (Å²) in [6.45, 7) is 7.69. The first-order chi connectivity index (χ1) is 14.1. The van der Waals surface area contributed by atoms with Gasteiger partial charge >= 0.3 is 17.7 Å². The van der Waals surface area contributed by atoms with Crippen molar-refractivity contribution in [3.05, 3.63) is 39.2 Å². The zero-order chi connectivity index (χ0) is 21.6. The Labute approximate surface area is 174 Å². The van der Waals surface area contributed by atoms with Gasteiger partial charge in [0.05, 0.1) is 5.39 Å². The van der Waals surface area contributed by atoms with Crippen LogP contribution < -0.4 is 10.4 Å². The molecule has 1 atom stereocenters. The van der Waals surface area contributed by atoms with Gasteiger partial charge in [0, 0.05) is 12.1 Å². The number of carbonyl (C=O) groups excluding carboxylic acids is 2. The van der Waals surface area contributed by atoms with Crippen LogP contribution in [0.1, 0.15) is 56.7 Å². The summed E-state index contributed by atoms with van der Waals surface area (Å²) in [6, 6.07) is 2.88. The molecule has 0 saturated carbocycles. The van der Waals surface area contributed by atoms with E-state index in [-0.39, 0.29) is 5.63 Å². The minimum Gasteiger partial charge on any atom is -0.444 e. The van der Waals surface area contributed by atoms with E-state index in [9.17, 15) is 14.4 Å². The number of aryl methyl sites for hydroxylation is 2. The standard InChI is InChI=1S/C23H27NO6/c1-13-11-17-19(14-7-5-8-15(14)20(25)28-17)18(12-13)29-21(26)16-9-6-10-24(16)22(27)30-23(2,3)4/h11-12,16H,5-10H2,1-4H3. The summed E-state index contributed by atoms with van der Waals surface area (Å²) >= 11 is 0. The van der Waals surface area contributed by atoms with Gasteiger partial charge in [0.15, 0.2) is 0 Å². The summed E-state index contributed by atoms with van der Waals surface area (Å²) in [5, 5.41) is 0.683. The normalized spacial score (nSPS) is 18.5. The van der Waals surface area contributed by atoms with Crippen molar-refractivity contribution in [2.75, 3.05) is 6.54 Å². The van der Waals surface area contributed by atoms with Gasteiger partial charge in [0.1, 0.15) is 23.0 Å². The number of nitrogens with zero attached hydrogens (tertiary/aromatic N) is 1. The first-order valence-electron chi connectivity index (χ1n) is 10.4. The molecule has 1 fully saturated rings. The molecule has 4 rings (SSSR count). The molecule has 30 heavy (non-hydrogen) atoms. The van der Waals surface area contributed by atoms with Crippen molar-refractivity contribution in [2.24, 2.45) is 0 Å². The first-order valence-corrected chi connectivity index (χ1v) is 10.4. The smallest absolute Gasteiger partial charge is 0.411 e. The molecule has 1 unspecified atom stereocenters. The highest BCUT2D eigenvalue weighted by molar-refractivity contribution is 5.92. The molecule has 2 aromatic rings. The number of hydrogen-bond acceptors (Lipinski definition) is 6. The minimum absolute atomic E-state index is 0.315. The Morgan fingerprint density at radius 3 is 2.60 bits per heavy atom. The quantitative estimate of drug-likeness (QED) is 0.422. The highest BCUT2D eigenvalue weighted by Crippen LogP contribution is 2.36. The Morgan fingerprint density at radius 2 is 1.87 bits per heavy atom. The van der Waals surface area contributed by atoms with E-state index in [0.29, 0.717) is 48.1 Å². The Hall–Kier alpha value is -2.83. The number of carbonyl (C=O) groups is 2. The second-order valence-corrected chi connectivity index (χ2v) is 9.09. The monoisotopic (exact) mass is 413 g/mol. The molecular weight excluding hydrogens is 386 g/mol. The molecule has 0 radical (unpaired) electrons. The van der Waals surface area contributed by atoms with Crippen molar-refractivity contribution in [2.45, 2.75) is 71.4 Å². The number of esters is 1. The molecule has 1 aromatic carbocycles. The van der Waals surface area contributed by atoms with Gasteiger partial charge in [-0.05, 0) is 83.1 Å². The number of likely N-dealkylation sites (tertiary alicyclic amines) is 1. The van der Waals surface area contributed by atoms with E-state index in [4.69, 9.17) is 13.9 Å². The van der Waals surface area contributed by atoms with Crippen LogP contribution in [0.15, 0.2) is 21.3 Å². The maximum Gasteiger partial charge on any atom is 0.411 e. The summed E-state index contributed by atoms with van der Waals surface area (Å²) in [4.78, 5) is 39.3. The number of benzene rings is 1. The van der Waals surface area contributed by atoms with Crippen molar-refractivity contribution in [3.63, 3.8) is 0 Å². The first kappa shape index (κ1) is 20.4. The predicted molar refractivity (Wildman–Crippen MR) is 111 cm³/mol. The average Bonchev–Trinajstić information content (AvgIpc) is 3.29. The van der Waals surface area contributed by atoms with Crippen LogP contribution in [0.2, 0.25) is 0 Å². The summed E-state index contributed by atoms with van der Waals surface area (Å²) in [5.41, 5.74) is 1.86. The lowest BCUT2D eigenvalue weighted by Gasteiger charge is -2.27. The average molecular weight is 413 g/mol. The van der Waals surface area contributed by atoms with Gasteiger partial charge in [-0.25, -0.2) is 14.4 Å². The molecule has 1 aliphatic carbocycles. The number of amides is 1. The van der Waals surface area contributed by atoms with Gasteiger partial charge in [-0.15, -0.1) is 0 Å². The topological polar surface area (TPSA) is 86.0 Å². The molecule has 0 spiro atoms. The lowest BCUT2D eigenvalue weighted by molar-refractivity contribution is -0.139. The summed E-state index contributed by atoms with van der Waals surface area (Å²) in [5.74, 6) is -0.115. The van der Waals surface area contributed by atoms with Crippen molar-refractivity contribution in [1.29, 1.82) is 0 Å². The molecule has 1 aromatic heterocycles. The molecule has 1 amide bonds. The largest absolute Gasteiger partial charge is 0.444 e. The van der Waals surface area contributed by atoms with E-state index in [2.05, 4.69) is 0 Å². The van der Waals surface area contributed by atoms with Crippen LogP contribution in [0.5, 0.6) is 5.75 Å². The number of rotatable bonds is 2. The maximum absolute atomic E-state index is 13.1. The van der Waals surface area contributed by atoms with Gasteiger partial charge in [0.25, 0.3) is 0 Å². The van der Waals surface area contributed by atoms with E-state index in [1.54, 1.807) is 32.9 Å². The van der Waals surface area contributed by atoms with E-state index in [1.165, 1.54) is 4.90 Å². The second kappa shape index (κ2) is 7.45. The minimum atomic E-state index is -0.695. The third-order valence-electron chi connectivity index (χ3n) is 5.54. The second-order valence-electron chi connectivity index (χ2n) is 9.09. The predicted octanol–water partition coefficient (Wildman–Crippen LogP) is 3.90. The fraction of sp³-hybridized carbons (Fsp3) is 0.522. The maximum atomic E-state index is 13.1. The molecule has 1 saturated heterocycles. The third kappa shape index (κ3) is 3.80. The Kier molecular flexibility index (Phi) is 5.08. The lowest BCUT2D eigenvalue weighted by atomic mass is 10.0. The van der Waals surface area contributed by atoms with Gasteiger partial charge in [0.2, 0.25) is 0 Å². The Bertz CT molecular complexity index is 1080. The summed E-state index contributed by atoms with van der Waals surface area (Å²) in [7, 11) is 0. The molecule has 1 aliphatic heterocycles. The Morgan fingerprint density at radius 1 is 1.13 bits per heavy atom. The van der Waals surface area contributed by atoms with Crippen molar-refractivity contribution < 1.29 is 23.5 Å². The number of ether oxygens (including phenoxy) is 2. The zero-order valence-electron chi connectivity index (χ0n) is 17.9. The molecule has 160 valence electrons. The van der Waals surface area contributed by atoms with Gasteiger partial charge < -0.3 is 13.9 Å². The van der Waals surface area contributed by atoms with Gasteiger partial charge in [-0.3, -0.25) is 4.90 Å². The van der Waals surface area contributed by atoms with Crippen LogP contribution in [0.4, 0.5) is 4.79 Å². The van der Waals surface area contributed by atoms with Crippen LogP contribution in [0.25, 0.3) is 11.0 Å². The molecule has 0 bridgehead atoms. The Balaban J connectivity index is 1.66. The van der Waals surface area contributed by atoms with Crippen LogP contribution in [-0.2, 0) is 22.4 Å². The fourth-order valence-electron chi connectivity index (χ4n) is 4.31. The van der Waals surface area contributed by atoms with Gasteiger partial charge in [-0.2, -0.15) is 0 Å². The number of fused-ring (bicyclic) bond motifs is 3. The highest BCUT2D eigenvalue weighted by Gasteiger charge is 2.38. The molecule has 7 nitrogen and oxygen atoms in total. The SMILES string of the molecule is Cc1cc(OC(=O)C2CCCN2C(=O)OC(C)(C)C)c2c3c(c(=O)oc2c1)CCC3. The van der Waals surface area contributed by atoms with Crippen molar-refractivity contribution in [3.8, 4) is 5.75 Å². The van der Waals surface area contributed by atoms with E-state index in [1.807, 2.05) is 6.92 Å². The zero-order valence-corrected chi connectivity index (χ0v) is 17.9. The third-order valence-corrected chi connectivity index (χ3v) is 5.54. The van der Waals surface area contributed by atoms with Crippen LogP contribution in [0.3, 0.4) is 0 Å². The molecule has 0 N–H and O–H groups in total. The summed E-state index contributed by atoms with van der Waals surface area (Å²) in [6.07, 6.45) is 3.01. The van der Waals surface area contributed by atoms with E-state index < -0.39 is 23.7 Å². The molecule has 7 heteroatoms. The lowest BCUT2D eigenvalue weighted by Crippen LogP contribution is -2.44. The summed E-state index contributed by atoms with van der Waals surface area (Å²) < 4.78 is 16.8. The van der Waals surface area contributed by atoms with Gasteiger partial charge in [-0.1, -0.05) is 0 Å².